The van der Waals surface area contributed by atoms with Crippen LogP contribution in [0, 0.1) is 45.9 Å². The van der Waals surface area contributed by atoms with Crippen molar-refractivity contribution in [3.05, 3.63) is 181 Å². The quantitative estimate of drug-likeness (QED) is 0.122. The Morgan fingerprint density at radius 2 is 0.472 bits per heavy atom. The Morgan fingerprint density at radius 1 is 0.236 bits per heavy atom. The standard InChI is InChI=1S/2C31H31N3Si2/c2*1-35(2,3)20-18-26-14-10-16-28(32-26)30-22-25(24-12-8-7-9-13-24)23-31(34-30)29-17-11-15-27(33-29)19-21-36(4,5)6/h2*7-17,22-23H,1-6H3. The van der Waals surface area contributed by atoms with Crippen molar-refractivity contribution in [2.75, 3.05) is 0 Å². The van der Waals surface area contributed by atoms with Gasteiger partial charge in [0.15, 0.2) is 0 Å². The van der Waals surface area contributed by atoms with Gasteiger partial charge in [0.25, 0.3) is 0 Å². The van der Waals surface area contributed by atoms with E-state index in [0.29, 0.717) is 0 Å². The molecule has 0 aliphatic rings. The maximum Gasteiger partial charge on any atom is 0.129 e. The zero-order chi connectivity index (χ0) is 51.5. The van der Waals surface area contributed by atoms with Gasteiger partial charge < -0.3 is 0 Å². The van der Waals surface area contributed by atoms with Gasteiger partial charge in [-0.2, -0.15) is 0 Å². The molecule has 0 saturated carbocycles. The predicted octanol–water partition coefficient (Wildman–Crippen LogP) is 14.7. The Kier molecular flexibility index (Phi) is 16.5. The van der Waals surface area contributed by atoms with Gasteiger partial charge in [-0.15, -0.1) is 22.2 Å². The van der Waals surface area contributed by atoms with Gasteiger partial charge in [-0.1, -0.05) is 187 Å². The highest BCUT2D eigenvalue weighted by Crippen LogP contribution is 2.31. The second kappa shape index (κ2) is 22.7. The van der Waals surface area contributed by atoms with E-state index >= 15 is 0 Å². The number of aromatic nitrogens is 6. The molecule has 6 heterocycles. The first-order valence-corrected chi connectivity index (χ1v) is 38.3. The van der Waals surface area contributed by atoms with Gasteiger partial charge in [0, 0.05) is 0 Å². The Hall–Kier alpha value is -7.55. The lowest BCUT2D eigenvalue weighted by atomic mass is 10.0. The van der Waals surface area contributed by atoms with Crippen molar-refractivity contribution in [3.8, 4) is 114 Å². The summed E-state index contributed by atoms with van der Waals surface area (Å²) in [6.07, 6.45) is 0. The molecule has 0 radical (unpaired) electrons. The minimum absolute atomic E-state index is 0.769. The molecule has 0 amide bonds. The molecule has 356 valence electrons. The minimum atomic E-state index is -1.50. The fraction of sp³-hybridized carbons (Fsp3) is 0.194. The normalized spacial score (nSPS) is 11.2. The van der Waals surface area contributed by atoms with E-state index in [1.54, 1.807) is 0 Å². The van der Waals surface area contributed by atoms with Crippen LogP contribution in [0.1, 0.15) is 22.8 Å². The summed E-state index contributed by atoms with van der Waals surface area (Å²) in [6, 6.07) is 52.8. The van der Waals surface area contributed by atoms with Crippen LogP contribution >= 0.6 is 0 Å². The van der Waals surface area contributed by atoms with Crippen LogP contribution in [0.4, 0.5) is 0 Å². The molecule has 0 N–H and O–H groups in total. The number of hydrogen-bond acceptors (Lipinski definition) is 6. The predicted molar refractivity (Wildman–Crippen MR) is 313 cm³/mol. The van der Waals surface area contributed by atoms with Crippen molar-refractivity contribution in [2.45, 2.75) is 78.6 Å². The molecule has 0 saturated heterocycles. The molecule has 72 heavy (non-hydrogen) atoms. The van der Waals surface area contributed by atoms with Crippen LogP contribution in [0.2, 0.25) is 78.6 Å². The summed E-state index contributed by atoms with van der Waals surface area (Å²) in [5.74, 6) is 13.1. The van der Waals surface area contributed by atoms with Crippen LogP contribution < -0.4 is 0 Å². The summed E-state index contributed by atoms with van der Waals surface area (Å²) < 4.78 is 0. The van der Waals surface area contributed by atoms with Crippen LogP contribution in [0.3, 0.4) is 0 Å². The molecule has 0 spiro atoms. The first-order chi connectivity index (χ1) is 34.1. The topological polar surface area (TPSA) is 77.3 Å². The lowest BCUT2D eigenvalue weighted by Crippen LogP contribution is -2.16. The maximum absolute atomic E-state index is 5.00. The first-order valence-electron chi connectivity index (χ1n) is 24.3. The van der Waals surface area contributed by atoms with Crippen LogP contribution in [0.5, 0.6) is 0 Å². The molecule has 6 aromatic heterocycles. The van der Waals surface area contributed by atoms with Gasteiger partial charge in [-0.25, -0.2) is 29.9 Å². The summed E-state index contributed by atoms with van der Waals surface area (Å²) in [6.45, 7) is 26.8. The smallest absolute Gasteiger partial charge is 0.129 e. The molecule has 8 aromatic rings. The van der Waals surface area contributed by atoms with Crippen molar-refractivity contribution >= 4 is 32.3 Å². The monoisotopic (exact) mass is 1000 g/mol. The van der Waals surface area contributed by atoms with Gasteiger partial charge in [-0.05, 0) is 95.1 Å². The minimum Gasteiger partial charge on any atom is -0.244 e. The van der Waals surface area contributed by atoms with Crippen LogP contribution in [-0.2, 0) is 0 Å². The zero-order valence-electron chi connectivity index (χ0n) is 43.7. The van der Waals surface area contributed by atoms with E-state index in [-0.39, 0.29) is 0 Å². The SMILES string of the molecule is C[Si](C)(C)C#Cc1cccc(-c2cc(-c3ccccc3)cc(-c3cccc(C#C[Si](C)(C)C)n3)n2)n1.C[Si](C)(C)C#Cc1cccc(-c2cc(-c3ccccc3)cc(-c3cccc(C#C[Si](C)(C)C)n3)n2)n1. The fourth-order valence-corrected chi connectivity index (χ4v) is 8.79. The Morgan fingerprint density at radius 3 is 0.694 bits per heavy atom. The Labute approximate surface area is 432 Å². The van der Waals surface area contributed by atoms with E-state index in [2.05, 4.69) is 173 Å². The lowest BCUT2D eigenvalue weighted by Gasteiger charge is -2.10. The highest BCUT2D eigenvalue weighted by molar-refractivity contribution is 6.85. The molecule has 6 nitrogen and oxygen atoms in total. The first kappa shape index (κ1) is 52.3. The van der Waals surface area contributed by atoms with Gasteiger partial charge in [0.05, 0.1) is 45.6 Å². The molecule has 0 bridgehead atoms. The average Bonchev–Trinajstić information content (AvgIpc) is 3.36. The molecular formula is C62H62N6Si4. The molecule has 0 unspecified atom stereocenters. The summed E-state index contributed by atoms with van der Waals surface area (Å²) in [5, 5.41) is 0. The van der Waals surface area contributed by atoms with E-state index in [1.807, 2.05) is 109 Å². The highest BCUT2D eigenvalue weighted by Gasteiger charge is 2.16. The molecule has 2 aromatic carbocycles. The summed E-state index contributed by atoms with van der Waals surface area (Å²) in [5.41, 5.74) is 27.4. The fourth-order valence-electron chi connectivity index (χ4n) is 6.77. The van der Waals surface area contributed by atoms with E-state index in [1.165, 1.54) is 0 Å². The second-order valence-electron chi connectivity index (χ2n) is 21.6. The molecular weight excluding hydrogens is 941 g/mol. The number of nitrogens with zero attached hydrogens (tertiary/aromatic N) is 6. The number of benzene rings is 2. The molecule has 0 aliphatic carbocycles. The summed E-state index contributed by atoms with van der Waals surface area (Å²) in [4.78, 5) is 29.3. The van der Waals surface area contributed by atoms with Crippen molar-refractivity contribution in [1.82, 2.24) is 29.9 Å². The van der Waals surface area contributed by atoms with Crippen molar-refractivity contribution in [1.29, 1.82) is 0 Å². The van der Waals surface area contributed by atoms with E-state index in [4.69, 9.17) is 29.9 Å². The second-order valence-corrected chi connectivity index (χ2v) is 40.6. The van der Waals surface area contributed by atoms with E-state index < -0.39 is 32.3 Å². The van der Waals surface area contributed by atoms with Crippen LogP contribution in [-0.4, -0.2) is 62.2 Å². The Balaban J connectivity index is 0.000000211. The maximum atomic E-state index is 5.00. The summed E-state index contributed by atoms with van der Waals surface area (Å²) >= 11 is 0. The number of hydrogen-bond donors (Lipinski definition) is 0. The molecule has 0 aliphatic heterocycles. The summed E-state index contributed by atoms with van der Waals surface area (Å²) in [7, 11) is -6.00. The average molecular weight is 1000 g/mol. The number of pyridine rings is 6. The molecule has 0 fully saturated rings. The van der Waals surface area contributed by atoms with Crippen molar-refractivity contribution < 1.29 is 0 Å². The largest absolute Gasteiger partial charge is 0.244 e. The van der Waals surface area contributed by atoms with Crippen LogP contribution in [0.25, 0.3) is 67.8 Å². The third kappa shape index (κ3) is 16.3. The molecule has 0 atom stereocenters. The van der Waals surface area contributed by atoms with Gasteiger partial charge >= 0.3 is 0 Å². The Bertz CT molecular complexity index is 3060. The van der Waals surface area contributed by atoms with Crippen molar-refractivity contribution in [2.24, 2.45) is 0 Å². The zero-order valence-corrected chi connectivity index (χ0v) is 47.7. The van der Waals surface area contributed by atoms with Crippen molar-refractivity contribution in [3.63, 3.8) is 0 Å². The van der Waals surface area contributed by atoms with E-state index in [0.717, 1.165) is 90.6 Å². The molecule has 8 rings (SSSR count). The van der Waals surface area contributed by atoms with Gasteiger partial charge in [0.1, 0.15) is 55.1 Å². The highest BCUT2D eigenvalue weighted by atomic mass is 28.3. The molecule has 10 heteroatoms. The van der Waals surface area contributed by atoms with Gasteiger partial charge in [0.2, 0.25) is 0 Å². The van der Waals surface area contributed by atoms with Gasteiger partial charge in [-0.3, -0.25) is 0 Å². The lowest BCUT2D eigenvalue weighted by molar-refractivity contribution is 1.20. The number of rotatable bonds is 6. The van der Waals surface area contributed by atoms with Crippen LogP contribution in [0.15, 0.2) is 158 Å². The van der Waals surface area contributed by atoms with E-state index in [9.17, 15) is 0 Å². The third-order valence-electron chi connectivity index (χ3n) is 10.2. The third-order valence-corrected chi connectivity index (χ3v) is 13.7.